The second-order valence-electron chi connectivity index (χ2n) is 3.29. The molecule has 0 spiro atoms. The highest BCUT2D eigenvalue weighted by molar-refractivity contribution is 9.06. The molecule has 1 aromatic carbocycles. The Kier molecular flexibility index (Phi) is 4.49. The van der Waals surface area contributed by atoms with E-state index in [4.69, 9.17) is 4.74 Å². The number of ether oxygens (including phenoxy) is 1. The summed E-state index contributed by atoms with van der Waals surface area (Å²) in [6.45, 7) is 3.37. The first-order valence-electron chi connectivity index (χ1n) is 4.60. The monoisotopic (exact) mass is 286 g/mol. The molecule has 5 heteroatoms. The van der Waals surface area contributed by atoms with E-state index in [9.17, 15) is 9.59 Å². The first-order chi connectivity index (χ1) is 7.54. The lowest BCUT2D eigenvalue weighted by atomic mass is 10.1. The highest BCUT2D eigenvalue weighted by atomic mass is 79.9. The highest BCUT2D eigenvalue weighted by Crippen LogP contribution is 2.14. The van der Waals surface area contributed by atoms with Gasteiger partial charge in [-0.25, -0.2) is 4.79 Å². The lowest BCUT2D eigenvalue weighted by Crippen LogP contribution is -2.04. The highest BCUT2D eigenvalue weighted by Gasteiger charge is 2.09. The zero-order valence-corrected chi connectivity index (χ0v) is 10.5. The van der Waals surface area contributed by atoms with Crippen LogP contribution in [-0.2, 0) is 20.0 Å². The minimum atomic E-state index is -0.482. The summed E-state index contributed by atoms with van der Waals surface area (Å²) in [4.78, 5) is 21.9. The SMILES string of the molecule is CC(=O)OCc1cc(C(=O)OBr)ccc1C. The molecule has 4 nitrogen and oxygen atoms in total. The smallest absolute Gasteiger partial charge is 0.349 e. The third-order valence-corrected chi connectivity index (χ3v) is 2.38. The van der Waals surface area contributed by atoms with Crippen LogP contribution in [0.5, 0.6) is 0 Å². The molecule has 16 heavy (non-hydrogen) atoms. The summed E-state index contributed by atoms with van der Waals surface area (Å²) in [7, 11) is 0. The van der Waals surface area contributed by atoms with Gasteiger partial charge in [0.1, 0.15) is 6.61 Å². The molecule has 0 bridgehead atoms. The van der Waals surface area contributed by atoms with E-state index in [0.29, 0.717) is 5.56 Å². The van der Waals surface area contributed by atoms with E-state index in [0.717, 1.165) is 11.1 Å². The van der Waals surface area contributed by atoms with Crippen LogP contribution in [0.15, 0.2) is 18.2 Å². The van der Waals surface area contributed by atoms with Crippen LogP contribution in [-0.4, -0.2) is 11.9 Å². The number of benzene rings is 1. The van der Waals surface area contributed by atoms with Crippen LogP contribution >= 0.6 is 16.3 Å². The first kappa shape index (κ1) is 12.7. The van der Waals surface area contributed by atoms with E-state index < -0.39 is 5.97 Å². The zero-order chi connectivity index (χ0) is 12.1. The standard InChI is InChI=1S/C11H11BrO4/c1-7-3-4-9(11(14)16-12)5-10(7)6-15-8(2)13/h3-5H,6H2,1-2H3. The lowest BCUT2D eigenvalue weighted by Gasteiger charge is -2.07. The molecule has 0 aromatic heterocycles. The van der Waals surface area contributed by atoms with Crippen LogP contribution in [0.25, 0.3) is 0 Å². The molecule has 0 heterocycles. The minimum absolute atomic E-state index is 0.157. The van der Waals surface area contributed by atoms with E-state index in [-0.39, 0.29) is 12.6 Å². The molecule has 1 rings (SSSR count). The topological polar surface area (TPSA) is 52.6 Å². The molecule has 0 amide bonds. The van der Waals surface area contributed by atoms with Crippen molar-refractivity contribution in [2.24, 2.45) is 0 Å². The normalized spacial score (nSPS) is 9.69. The maximum absolute atomic E-state index is 11.2. The Hall–Kier alpha value is -1.36. The summed E-state index contributed by atoms with van der Waals surface area (Å²) in [6, 6.07) is 5.07. The van der Waals surface area contributed by atoms with Crippen molar-refractivity contribution in [3.63, 3.8) is 0 Å². The number of aryl methyl sites for hydroxylation is 1. The fraction of sp³-hybridized carbons (Fsp3) is 0.273. The van der Waals surface area contributed by atoms with Crippen molar-refractivity contribution < 1.29 is 18.2 Å². The average molecular weight is 287 g/mol. The Morgan fingerprint density at radius 2 is 2.06 bits per heavy atom. The Labute approximate surface area is 102 Å². The van der Waals surface area contributed by atoms with Gasteiger partial charge in [0.2, 0.25) is 0 Å². The van der Waals surface area contributed by atoms with Crippen LogP contribution in [0, 0.1) is 6.92 Å². The van der Waals surface area contributed by atoms with Crippen molar-refractivity contribution in [2.75, 3.05) is 0 Å². The number of esters is 1. The van der Waals surface area contributed by atoms with Gasteiger partial charge in [0.25, 0.3) is 0 Å². The summed E-state index contributed by atoms with van der Waals surface area (Å²) in [5.74, 6) is -0.836. The Balaban J connectivity index is 2.90. The summed E-state index contributed by atoms with van der Waals surface area (Å²) < 4.78 is 9.30. The van der Waals surface area contributed by atoms with Gasteiger partial charge in [-0.15, -0.1) is 0 Å². The Bertz CT molecular complexity index is 414. The second kappa shape index (κ2) is 5.65. The number of carbonyl (C=O) groups is 2. The summed E-state index contributed by atoms with van der Waals surface area (Å²) in [6.07, 6.45) is 0. The molecule has 0 saturated heterocycles. The van der Waals surface area contributed by atoms with Crippen molar-refractivity contribution >= 4 is 28.2 Å². The van der Waals surface area contributed by atoms with Crippen molar-refractivity contribution in [2.45, 2.75) is 20.5 Å². The van der Waals surface area contributed by atoms with Crippen molar-refractivity contribution in [1.82, 2.24) is 0 Å². The second-order valence-corrected chi connectivity index (χ2v) is 3.61. The molecule has 0 aliphatic heterocycles. The number of hydrogen-bond donors (Lipinski definition) is 0. The predicted octanol–water partition coefficient (Wildman–Crippen LogP) is 2.52. The third kappa shape index (κ3) is 3.34. The van der Waals surface area contributed by atoms with Crippen LogP contribution in [0.4, 0.5) is 0 Å². The lowest BCUT2D eigenvalue weighted by molar-refractivity contribution is -0.142. The summed E-state index contributed by atoms with van der Waals surface area (Å²) in [5.41, 5.74) is 2.14. The molecule has 86 valence electrons. The molecule has 0 unspecified atom stereocenters. The van der Waals surface area contributed by atoms with Gasteiger partial charge in [0.15, 0.2) is 16.3 Å². The number of carbonyl (C=O) groups excluding carboxylic acids is 2. The molecule has 0 fully saturated rings. The quantitative estimate of drug-likeness (QED) is 0.802. The van der Waals surface area contributed by atoms with Crippen LogP contribution in [0.2, 0.25) is 0 Å². The van der Waals surface area contributed by atoms with Gasteiger partial charge in [-0.05, 0) is 30.2 Å². The first-order valence-corrected chi connectivity index (χ1v) is 5.25. The summed E-state index contributed by atoms with van der Waals surface area (Å²) >= 11 is 2.62. The molecule has 0 aliphatic carbocycles. The fourth-order valence-electron chi connectivity index (χ4n) is 1.18. The van der Waals surface area contributed by atoms with E-state index in [1.165, 1.54) is 6.92 Å². The van der Waals surface area contributed by atoms with Crippen LogP contribution < -0.4 is 0 Å². The zero-order valence-electron chi connectivity index (χ0n) is 8.95. The van der Waals surface area contributed by atoms with Gasteiger partial charge < -0.3 is 8.57 Å². The average Bonchev–Trinajstić information content (AvgIpc) is 2.26. The molecule has 0 N–H and O–H groups in total. The Morgan fingerprint density at radius 1 is 1.38 bits per heavy atom. The van der Waals surface area contributed by atoms with Gasteiger partial charge in [-0.1, -0.05) is 6.07 Å². The fourth-order valence-corrected chi connectivity index (χ4v) is 1.36. The molecular weight excluding hydrogens is 276 g/mol. The molecule has 0 radical (unpaired) electrons. The van der Waals surface area contributed by atoms with Gasteiger partial charge in [0, 0.05) is 6.92 Å². The van der Waals surface area contributed by atoms with E-state index in [2.05, 4.69) is 20.1 Å². The van der Waals surface area contributed by atoms with Gasteiger partial charge >= 0.3 is 11.9 Å². The minimum Gasteiger partial charge on any atom is -0.461 e. The van der Waals surface area contributed by atoms with E-state index in [1.807, 2.05) is 6.92 Å². The largest absolute Gasteiger partial charge is 0.461 e. The number of rotatable bonds is 3. The van der Waals surface area contributed by atoms with E-state index >= 15 is 0 Å². The van der Waals surface area contributed by atoms with Crippen LogP contribution in [0.3, 0.4) is 0 Å². The molecule has 1 aromatic rings. The maximum atomic E-state index is 11.2. The van der Waals surface area contributed by atoms with Crippen molar-refractivity contribution in [3.05, 3.63) is 34.9 Å². The summed E-state index contributed by atoms with van der Waals surface area (Å²) in [5, 5.41) is 0. The maximum Gasteiger partial charge on any atom is 0.349 e. The van der Waals surface area contributed by atoms with Crippen molar-refractivity contribution in [1.29, 1.82) is 0 Å². The van der Waals surface area contributed by atoms with Gasteiger partial charge in [-0.2, -0.15) is 0 Å². The molecule has 0 atom stereocenters. The third-order valence-electron chi connectivity index (χ3n) is 2.09. The Morgan fingerprint density at radius 3 is 2.62 bits per heavy atom. The van der Waals surface area contributed by atoms with Gasteiger partial charge in [0.05, 0.1) is 5.56 Å². The molecule has 0 aliphatic rings. The van der Waals surface area contributed by atoms with Crippen LogP contribution in [0.1, 0.15) is 28.4 Å². The number of halogens is 1. The molecule has 0 saturated carbocycles. The predicted molar refractivity (Wildman–Crippen MR) is 61.0 cm³/mol. The van der Waals surface area contributed by atoms with Crippen molar-refractivity contribution in [3.8, 4) is 0 Å². The van der Waals surface area contributed by atoms with E-state index in [1.54, 1.807) is 18.2 Å². The van der Waals surface area contributed by atoms with Gasteiger partial charge in [-0.3, -0.25) is 4.79 Å². The number of hydrogen-bond acceptors (Lipinski definition) is 4. The molecular formula is C11H11BrO4.